The van der Waals surface area contributed by atoms with Gasteiger partial charge in [-0.05, 0) is 38.5 Å². The predicted octanol–water partition coefficient (Wildman–Crippen LogP) is 2.81. The molecule has 3 nitrogen and oxygen atoms in total. The molecule has 1 aliphatic heterocycles. The zero-order chi connectivity index (χ0) is 11.4. The van der Waals surface area contributed by atoms with Gasteiger partial charge in [-0.3, -0.25) is 4.79 Å². The maximum absolute atomic E-state index is 11.4. The largest absolute Gasteiger partial charge is 0.458 e. The van der Waals surface area contributed by atoms with Crippen LogP contribution >= 0.6 is 15.9 Å². The van der Waals surface area contributed by atoms with Gasteiger partial charge in [0.15, 0.2) is 0 Å². The van der Waals surface area contributed by atoms with Gasteiger partial charge in [-0.15, -0.1) is 0 Å². The lowest BCUT2D eigenvalue weighted by molar-refractivity contribution is -0.161. The molecule has 0 aromatic heterocycles. The highest BCUT2D eigenvalue weighted by atomic mass is 79.9. The highest BCUT2D eigenvalue weighted by Crippen LogP contribution is 2.37. The number of halogens is 1. The van der Waals surface area contributed by atoms with Gasteiger partial charge in [0.1, 0.15) is 10.9 Å². The zero-order valence-electron chi connectivity index (χ0n) is 9.54. The van der Waals surface area contributed by atoms with E-state index >= 15 is 0 Å². The summed E-state index contributed by atoms with van der Waals surface area (Å²) in [6.45, 7) is 0.891. The Morgan fingerprint density at radius 3 is 2.62 bits per heavy atom. The maximum atomic E-state index is 11.4. The van der Waals surface area contributed by atoms with Crippen LogP contribution in [0.25, 0.3) is 0 Å². The number of carbonyl (C=O) groups excluding carboxylic acids is 1. The fourth-order valence-electron chi connectivity index (χ4n) is 2.53. The minimum atomic E-state index is -0.185. The Hall–Kier alpha value is -0.0900. The van der Waals surface area contributed by atoms with E-state index in [1.165, 1.54) is 19.3 Å². The number of rotatable bonds is 5. The maximum Gasteiger partial charge on any atom is 0.317 e. The van der Waals surface area contributed by atoms with Crippen molar-refractivity contribution in [3.8, 4) is 0 Å². The summed E-state index contributed by atoms with van der Waals surface area (Å²) in [5.41, 5.74) is -0.185. The number of epoxide rings is 1. The first-order valence-electron chi connectivity index (χ1n) is 6.13. The number of ether oxygens (including phenoxy) is 2. The van der Waals surface area contributed by atoms with Crippen LogP contribution in [0.3, 0.4) is 0 Å². The average molecular weight is 291 g/mol. The fraction of sp³-hybridized carbons (Fsp3) is 0.917. The molecule has 1 aliphatic carbocycles. The molecule has 2 rings (SSSR count). The van der Waals surface area contributed by atoms with Crippen LogP contribution in [0.5, 0.6) is 0 Å². The Balaban J connectivity index is 1.89. The summed E-state index contributed by atoms with van der Waals surface area (Å²) in [5, 5.41) is 0.300. The molecule has 1 unspecified atom stereocenters. The highest BCUT2D eigenvalue weighted by Gasteiger charge is 2.37. The van der Waals surface area contributed by atoms with E-state index in [2.05, 4.69) is 15.9 Å². The molecule has 0 aromatic carbocycles. The minimum absolute atomic E-state index is 0.126. The van der Waals surface area contributed by atoms with Gasteiger partial charge in [-0.1, -0.05) is 22.4 Å². The van der Waals surface area contributed by atoms with Crippen molar-refractivity contribution in [1.29, 1.82) is 0 Å². The summed E-state index contributed by atoms with van der Waals surface area (Å²) in [4.78, 5) is 11.4. The molecule has 2 fully saturated rings. The molecule has 0 bridgehead atoms. The smallest absolute Gasteiger partial charge is 0.317 e. The molecule has 1 saturated carbocycles. The van der Waals surface area contributed by atoms with Gasteiger partial charge >= 0.3 is 5.97 Å². The SMILES string of the molecule is O=C(CBr)OC1(CCC2CO2)CCCCC1. The van der Waals surface area contributed by atoms with Crippen LogP contribution in [0.4, 0.5) is 0 Å². The van der Waals surface area contributed by atoms with E-state index in [-0.39, 0.29) is 11.6 Å². The molecule has 92 valence electrons. The van der Waals surface area contributed by atoms with Crippen molar-refractivity contribution < 1.29 is 14.3 Å². The van der Waals surface area contributed by atoms with Crippen molar-refractivity contribution in [3.63, 3.8) is 0 Å². The third-order valence-electron chi connectivity index (χ3n) is 3.53. The zero-order valence-corrected chi connectivity index (χ0v) is 11.1. The van der Waals surface area contributed by atoms with E-state index < -0.39 is 0 Å². The Labute approximate surface area is 105 Å². The summed E-state index contributed by atoms with van der Waals surface area (Å²) < 4.78 is 10.9. The first-order valence-corrected chi connectivity index (χ1v) is 7.26. The van der Waals surface area contributed by atoms with E-state index in [1.807, 2.05) is 0 Å². The summed E-state index contributed by atoms with van der Waals surface area (Å²) in [7, 11) is 0. The Bertz CT molecular complexity index is 245. The van der Waals surface area contributed by atoms with E-state index in [1.54, 1.807) is 0 Å². The second-order valence-corrected chi connectivity index (χ2v) is 5.41. The van der Waals surface area contributed by atoms with Crippen LogP contribution in [0, 0.1) is 0 Å². The second kappa shape index (κ2) is 5.50. The van der Waals surface area contributed by atoms with Crippen molar-refractivity contribution in [2.75, 3.05) is 11.9 Å². The number of carbonyl (C=O) groups is 1. The first-order chi connectivity index (χ1) is 7.74. The van der Waals surface area contributed by atoms with Crippen molar-refractivity contribution in [1.82, 2.24) is 0 Å². The molecular weight excluding hydrogens is 272 g/mol. The van der Waals surface area contributed by atoms with Gasteiger partial charge < -0.3 is 9.47 Å². The number of esters is 1. The monoisotopic (exact) mass is 290 g/mol. The normalized spacial score (nSPS) is 27.4. The van der Waals surface area contributed by atoms with Crippen LogP contribution < -0.4 is 0 Å². The van der Waals surface area contributed by atoms with Crippen LogP contribution in [-0.2, 0) is 14.3 Å². The van der Waals surface area contributed by atoms with Crippen LogP contribution in [0.2, 0.25) is 0 Å². The van der Waals surface area contributed by atoms with E-state index in [4.69, 9.17) is 9.47 Å². The van der Waals surface area contributed by atoms with Crippen molar-refractivity contribution in [2.24, 2.45) is 0 Å². The Kier molecular flexibility index (Phi) is 4.25. The van der Waals surface area contributed by atoms with Gasteiger partial charge in [-0.2, -0.15) is 0 Å². The average Bonchev–Trinajstić information content (AvgIpc) is 3.11. The van der Waals surface area contributed by atoms with Crippen LogP contribution in [0.1, 0.15) is 44.9 Å². The number of alkyl halides is 1. The third kappa shape index (κ3) is 3.45. The standard InChI is InChI=1S/C12H19BrO3/c13-8-11(14)16-12(5-2-1-3-6-12)7-4-10-9-15-10/h10H,1-9H2. The lowest BCUT2D eigenvalue weighted by atomic mass is 9.81. The summed E-state index contributed by atoms with van der Waals surface area (Å²) in [6.07, 6.45) is 8.12. The lowest BCUT2D eigenvalue weighted by Crippen LogP contribution is -2.38. The second-order valence-electron chi connectivity index (χ2n) is 4.85. The van der Waals surface area contributed by atoms with Crippen molar-refractivity contribution in [2.45, 2.75) is 56.7 Å². The van der Waals surface area contributed by atoms with E-state index in [9.17, 15) is 4.79 Å². The third-order valence-corrected chi connectivity index (χ3v) is 3.99. The molecule has 0 radical (unpaired) electrons. The fourth-order valence-corrected chi connectivity index (χ4v) is 2.64. The first kappa shape index (κ1) is 12.4. The van der Waals surface area contributed by atoms with E-state index in [0.717, 1.165) is 32.3 Å². The quantitative estimate of drug-likeness (QED) is 0.444. The molecule has 2 aliphatic rings. The lowest BCUT2D eigenvalue weighted by Gasteiger charge is -2.36. The topological polar surface area (TPSA) is 38.8 Å². The minimum Gasteiger partial charge on any atom is -0.458 e. The van der Waals surface area contributed by atoms with Crippen molar-refractivity contribution >= 4 is 21.9 Å². The summed E-state index contributed by atoms with van der Waals surface area (Å²) in [5.74, 6) is -0.126. The van der Waals surface area contributed by atoms with Gasteiger partial charge in [0.2, 0.25) is 0 Å². The van der Waals surface area contributed by atoms with Crippen LogP contribution in [-0.4, -0.2) is 29.6 Å². The molecule has 1 heterocycles. The number of hydrogen-bond donors (Lipinski definition) is 0. The highest BCUT2D eigenvalue weighted by molar-refractivity contribution is 9.09. The van der Waals surface area contributed by atoms with Crippen molar-refractivity contribution in [3.05, 3.63) is 0 Å². The summed E-state index contributed by atoms with van der Waals surface area (Å²) >= 11 is 3.16. The molecule has 1 saturated heterocycles. The summed E-state index contributed by atoms with van der Waals surface area (Å²) in [6, 6.07) is 0. The number of hydrogen-bond acceptors (Lipinski definition) is 3. The molecule has 1 atom stereocenters. The molecule has 16 heavy (non-hydrogen) atoms. The van der Waals surface area contributed by atoms with Gasteiger partial charge in [-0.25, -0.2) is 0 Å². The molecule has 0 amide bonds. The molecule has 0 aromatic rings. The predicted molar refractivity (Wildman–Crippen MR) is 64.7 cm³/mol. The Morgan fingerprint density at radius 2 is 2.06 bits per heavy atom. The van der Waals surface area contributed by atoms with Gasteiger partial charge in [0.25, 0.3) is 0 Å². The molecule has 0 N–H and O–H groups in total. The molecule has 0 spiro atoms. The van der Waals surface area contributed by atoms with Gasteiger partial charge in [0.05, 0.1) is 12.7 Å². The van der Waals surface area contributed by atoms with Gasteiger partial charge in [0, 0.05) is 0 Å². The molecular formula is C12H19BrO3. The van der Waals surface area contributed by atoms with Crippen LogP contribution in [0.15, 0.2) is 0 Å². The Morgan fingerprint density at radius 1 is 1.38 bits per heavy atom. The van der Waals surface area contributed by atoms with E-state index in [0.29, 0.717) is 11.4 Å². The molecule has 4 heteroatoms.